The van der Waals surface area contributed by atoms with Crippen molar-refractivity contribution in [1.82, 2.24) is 0 Å². The van der Waals surface area contributed by atoms with Gasteiger partial charge in [0.15, 0.2) is 0 Å². The molecule has 3 aliphatic rings. The van der Waals surface area contributed by atoms with Crippen LogP contribution >= 0.6 is 0 Å². The summed E-state index contributed by atoms with van der Waals surface area (Å²) < 4.78 is 0. The van der Waals surface area contributed by atoms with Crippen molar-refractivity contribution in [3.05, 3.63) is 11.6 Å². The number of aliphatic carboxylic acids is 1. The summed E-state index contributed by atoms with van der Waals surface area (Å²) in [4.78, 5) is 10.8. The highest BCUT2D eigenvalue weighted by atomic mass is 16.4. The minimum atomic E-state index is -0.727. The summed E-state index contributed by atoms with van der Waals surface area (Å²) in [6, 6.07) is 0. The molecule has 0 aromatic carbocycles. The standard InChI is InChI=1S/C27H42O4/c1-2-3-11-22-21(12-7-8-13-26(30)31)23-16-17-25(29)24(27(22)23)15-14-20(28)18-19-9-5-4-6-10-19/h12,19-20,22-25,27-29H,2-11,13,16-18H2,1H3,(H,30,31)/b21-12-/t20?,22?,23-,24+,25-,27+/m0/s1. The van der Waals surface area contributed by atoms with Crippen LogP contribution in [0.1, 0.15) is 96.8 Å². The number of allylic oxidation sites excluding steroid dienone is 2. The molecule has 174 valence electrons. The van der Waals surface area contributed by atoms with E-state index in [1.165, 1.54) is 44.1 Å². The van der Waals surface area contributed by atoms with Crippen LogP contribution in [0.25, 0.3) is 0 Å². The average molecular weight is 431 g/mol. The number of hydrogen-bond acceptors (Lipinski definition) is 3. The SMILES string of the molecule is CCCCC1/C(=C/CCCC(=O)O)[C@@H]2CC[C@H](O)[C@@H](C#CC(O)CC3CCCCC3)[C@H]12. The minimum absolute atomic E-state index is 0.0437. The Kier molecular flexibility index (Phi) is 9.48. The van der Waals surface area contributed by atoms with E-state index in [0.29, 0.717) is 30.1 Å². The van der Waals surface area contributed by atoms with E-state index in [4.69, 9.17) is 5.11 Å². The van der Waals surface area contributed by atoms with Gasteiger partial charge < -0.3 is 15.3 Å². The van der Waals surface area contributed by atoms with Gasteiger partial charge >= 0.3 is 5.97 Å². The van der Waals surface area contributed by atoms with E-state index in [1.807, 2.05) is 0 Å². The molecule has 0 aliphatic heterocycles. The fourth-order valence-electron chi connectivity index (χ4n) is 6.32. The molecule has 4 nitrogen and oxygen atoms in total. The predicted octanol–water partition coefficient (Wildman–Crippen LogP) is 5.33. The molecule has 2 unspecified atom stereocenters. The molecule has 3 N–H and O–H groups in total. The van der Waals surface area contributed by atoms with Crippen LogP contribution in [0.15, 0.2) is 11.6 Å². The molecule has 0 aromatic heterocycles. The van der Waals surface area contributed by atoms with Gasteiger partial charge in [0.05, 0.1) is 12.0 Å². The van der Waals surface area contributed by atoms with E-state index in [1.54, 1.807) is 0 Å². The molecule has 0 radical (unpaired) electrons. The predicted molar refractivity (Wildman–Crippen MR) is 123 cm³/mol. The summed E-state index contributed by atoms with van der Waals surface area (Å²) in [6.07, 6.45) is 15.4. The first-order chi connectivity index (χ1) is 15.0. The zero-order chi connectivity index (χ0) is 22.2. The number of rotatable bonds is 9. The number of aliphatic hydroxyl groups excluding tert-OH is 2. The number of carboxylic acid groups (broad SMARTS) is 1. The number of hydrogen-bond donors (Lipinski definition) is 3. The van der Waals surface area contributed by atoms with Crippen molar-refractivity contribution >= 4 is 5.97 Å². The third kappa shape index (κ3) is 6.59. The summed E-state index contributed by atoms with van der Waals surface area (Å²) in [5.74, 6) is 7.63. The Bertz CT molecular complexity index is 666. The van der Waals surface area contributed by atoms with Crippen LogP contribution in [-0.2, 0) is 4.79 Å². The molecule has 0 heterocycles. The fraction of sp³-hybridized carbons (Fsp3) is 0.815. The van der Waals surface area contributed by atoms with Gasteiger partial charge in [0.1, 0.15) is 6.10 Å². The van der Waals surface area contributed by atoms with Crippen LogP contribution in [0.4, 0.5) is 0 Å². The summed E-state index contributed by atoms with van der Waals surface area (Å²) in [5, 5.41) is 30.2. The highest BCUT2D eigenvalue weighted by Crippen LogP contribution is 2.57. The van der Waals surface area contributed by atoms with Gasteiger partial charge in [-0.2, -0.15) is 0 Å². The second kappa shape index (κ2) is 12.1. The number of carboxylic acids is 1. The average Bonchev–Trinajstić information content (AvgIpc) is 2.74. The number of fused-ring (bicyclic) bond motifs is 1. The number of aliphatic hydroxyl groups is 2. The summed E-state index contributed by atoms with van der Waals surface area (Å²) >= 11 is 0. The number of unbranched alkanes of at least 4 members (excludes halogenated alkanes) is 2. The van der Waals surface area contributed by atoms with Crippen LogP contribution in [0.2, 0.25) is 0 Å². The van der Waals surface area contributed by atoms with E-state index < -0.39 is 18.2 Å². The van der Waals surface area contributed by atoms with Gasteiger partial charge in [-0.25, -0.2) is 0 Å². The Morgan fingerprint density at radius 2 is 1.94 bits per heavy atom. The zero-order valence-electron chi connectivity index (χ0n) is 19.3. The molecule has 4 heteroatoms. The second-order valence-electron chi connectivity index (χ2n) is 10.1. The van der Waals surface area contributed by atoms with E-state index in [2.05, 4.69) is 24.8 Å². The maximum atomic E-state index is 10.8. The minimum Gasteiger partial charge on any atom is -0.481 e. The molecular weight excluding hydrogens is 388 g/mol. The molecule has 3 fully saturated rings. The first-order valence-electron chi connectivity index (χ1n) is 12.8. The molecule has 0 amide bonds. The maximum absolute atomic E-state index is 10.8. The van der Waals surface area contributed by atoms with E-state index in [0.717, 1.165) is 38.5 Å². The smallest absolute Gasteiger partial charge is 0.303 e. The van der Waals surface area contributed by atoms with E-state index in [9.17, 15) is 15.0 Å². The molecule has 6 atom stereocenters. The fourth-order valence-corrected chi connectivity index (χ4v) is 6.32. The van der Waals surface area contributed by atoms with Gasteiger partial charge in [0.2, 0.25) is 0 Å². The van der Waals surface area contributed by atoms with Crippen molar-refractivity contribution in [3.63, 3.8) is 0 Å². The maximum Gasteiger partial charge on any atom is 0.303 e. The monoisotopic (exact) mass is 430 g/mol. The van der Waals surface area contributed by atoms with E-state index >= 15 is 0 Å². The molecule has 3 saturated carbocycles. The van der Waals surface area contributed by atoms with Gasteiger partial charge in [-0.3, -0.25) is 4.79 Å². The van der Waals surface area contributed by atoms with Crippen LogP contribution in [0.3, 0.4) is 0 Å². The highest BCUT2D eigenvalue weighted by Gasteiger charge is 2.52. The van der Waals surface area contributed by atoms with Crippen LogP contribution < -0.4 is 0 Å². The van der Waals surface area contributed by atoms with Crippen molar-refractivity contribution in [2.75, 3.05) is 0 Å². The molecule has 3 rings (SSSR count). The van der Waals surface area contributed by atoms with Crippen molar-refractivity contribution < 1.29 is 20.1 Å². The van der Waals surface area contributed by atoms with Gasteiger partial charge in [0, 0.05) is 6.42 Å². The molecule has 3 aliphatic carbocycles. The van der Waals surface area contributed by atoms with Crippen molar-refractivity contribution in [3.8, 4) is 11.8 Å². The Morgan fingerprint density at radius 1 is 1.16 bits per heavy atom. The summed E-state index contributed by atoms with van der Waals surface area (Å²) in [6.45, 7) is 2.21. The van der Waals surface area contributed by atoms with Crippen LogP contribution in [0, 0.1) is 41.4 Å². The lowest BCUT2D eigenvalue weighted by Crippen LogP contribution is -2.51. The topological polar surface area (TPSA) is 77.8 Å². The van der Waals surface area contributed by atoms with Gasteiger partial charge in [-0.05, 0) is 62.2 Å². The molecular formula is C27H42O4. The lowest BCUT2D eigenvalue weighted by atomic mass is 9.50. The molecule has 31 heavy (non-hydrogen) atoms. The van der Waals surface area contributed by atoms with Crippen molar-refractivity contribution in [2.24, 2.45) is 29.6 Å². The lowest BCUT2D eigenvalue weighted by Gasteiger charge is -2.55. The third-order valence-corrected chi connectivity index (χ3v) is 7.93. The van der Waals surface area contributed by atoms with Crippen molar-refractivity contribution in [1.29, 1.82) is 0 Å². The third-order valence-electron chi connectivity index (χ3n) is 7.93. The molecule has 0 bridgehead atoms. The summed E-state index contributed by atoms with van der Waals surface area (Å²) in [5.41, 5.74) is 1.49. The Balaban J connectivity index is 1.65. The Hall–Kier alpha value is -1.31. The largest absolute Gasteiger partial charge is 0.481 e. The van der Waals surface area contributed by atoms with Gasteiger partial charge in [-0.15, -0.1) is 0 Å². The first kappa shape index (κ1) is 24.3. The zero-order valence-corrected chi connectivity index (χ0v) is 19.3. The molecule has 0 aromatic rings. The van der Waals surface area contributed by atoms with Gasteiger partial charge in [-0.1, -0.05) is 75.4 Å². The summed E-state index contributed by atoms with van der Waals surface area (Å²) in [7, 11) is 0. The quantitative estimate of drug-likeness (QED) is 0.263. The Labute approximate surface area is 188 Å². The normalized spacial score (nSPS) is 33.1. The highest BCUT2D eigenvalue weighted by molar-refractivity contribution is 5.66. The molecule has 0 spiro atoms. The van der Waals surface area contributed by atoms with Crippen LogP contribution in [0.5, 0.6) is 0 Å². The van der Waals surface area contributed by atoms with Crippen LogP contribution in [-0.4, -0.2) is 33.5 Å². The molecule has 0 saturated heterocycles. The number of carbonyl (C=O) groups is 1. The second-order valence-corrected chi connectivity index (χ2v) is 10.1. The first-order valence-corrected chi connectivity index (χ1v) is 12.8. The van der Waals surface area contributed by atoms with E-state index in [-0.39, 0.29) is 12.3 Å². The van der Waals surface area contributed by atoms with Gasteiger partial charge in [0.25, 0.3) is 0 Å². The van der Waals surface area contributed by atoms with Crippen molar-refractivity contribution in [2.45, 2.75) is 109 Å². The lowest BCUT2D eigenvalue weighted by molar-refractivity contribution is -0.137. The Morgan fingerprint density at radius 3 is 2.65 bits per heavy atom.